The van der Waals surface area contributed by atoms with Crippen molar-refractivity contribution in [3.63, 3.8) is 0 Å². The van der Waals surface area contributed by atoms with E-state index in [0.717, 1.165) is 28.0 Å². The first-order valence-electron chi connectivity index (χ1n) is 9.75. The molecule has 0 saturated heterocycles. The SMILES string of the molecule is CCc1cc(-c2nnc(S)n2-c2ccc(OC)c3[nH]c(C(C)C)cc23)c(O)cc1O.[NaH].[NaH]. The number of aryl methyl sites for hydroxylation is 1. The fourth-order valence-corrected chi connectivity index (χ4v) is 3.88. The number of aromatic amines is 1. The fourth-order valence-electron chi connectivity index (χ4n) is 3.63. The molecule has 160 valence electrons. The number of hydrogen-bond donors (Lipinski definition) is 4. The number of rotatable bonds is 5. The van der Waals surface area contributed by atoms with Crippen LogP contribution in [-0.2, 0) is 6.42 Å². The molecule has 10 heteroatoms. The van der Waals surface area contributed by atoms with Gasteiger partial charge in [-0.25, -0.2) is 0 Å². The molecule has 0 unspecified atom stereocenters. The first-order chi connectivity index (χ1) is 14.3. The molecule has 2 aromatic carbocycles. The van der Waals surface area contributed by atoms with Crippen LogP contribution < -0.4 is 4.74 Å². The van der Waals surface area contributed by atoms with Gasteiger partial charge < -0.3 is 19.9 Å². The monoisotopic (exact) mass is 472 g/mol. The number of hydrogen-bond acceptors (Lipinski definition) is 6. The molecule has 0 atom stereocenters. The maximum absolute atomic E-state index is 10.5. The van der Waals surface area contributed by atoms with Crippen molar-refractivity contribution in [1.29, 1.82) is 0 Å². The first kappa shape index (κ1) is 27.1. The van der Waals surface area contributed by atoms with Gasteiger partial charge in [0.15, 0.2) is 11.0 Å². The van der Waals surface area contributed by atoms with Gasteiger partial charge in [-0.1, -0.05) is 20.8 Å². The number of phenolic OH excluding ortho intramolecular Hbond substituents is 2. The van der Waals surface area contributed by atoms with Crippen LogP contribution in [0.4, 0.5) is 0 Å². The van der Waals surface area contributed by atoms with Crippen LogP contribution in [0.2, 0.25) is 0 Å². The third-order valence-electron chi connectivity index (χ3n) is 5.30. The fraction of sp³-hybridized carbons (Fsp3) is 0.273. The Labute approximate surface area is 236 Å². The van der Waals surface area contributed by atoms with Crippen LogP contribution in [0.1, 0.15) is 37.9 Å². The van der Waals surface area contributed by atoms with Crippen LogP contribution in [0.3, 0.4) is 0 Å². The maximum atomic E-state index is 10.5. The van der Waals surface area contributed by atoms with Crippen molar-refractivity contribution in [2.45, 2.75) is 38.3 Å². The van der Waals surface area contributed by atoms with Crippen molar-refractivity contribution >= 4 is 82.6 Å². The summed E-state index contributed by atoms with van der Waals surface area (Å²) in [5, 5.41) is 30.3. The second-order valence-electron chi connectivity index (χ2n) is 7.47. The molecule has 2 aromatic heterocycles. The van der Waals surface area contributed by atoms with E-state index in [1.807, 2.05) is 19.1 Å². The average Bonchev–Trinajstić information content (AvgIpc) is 3.32. The number of benzene rings is 2. The summed E-state index contributed by atoms with van der Waals surface area (Å²) in [4.78, 5) is 3.45. The Morgan fingerprint density at radius 3 is 2.44 bits per heavy atom. The van der Waals surface area contributed by atoms with Gasteiger partial charge in [0, 0.05) is 17.1 Å². The molecule has 0 spiro atoms. The summed E-state index contributed by atoms with van der Waals surface area (Å²) < 4.78 is 7.33. The number of nitrogens with one attached hydrogen (secondary N) is 1. The van der Waals surface area contributed by atoms with Crippen molar-refractivity contribution in [3.05, 3.63) is 41.6 Å². The van der Waals surface area contributed by atoms with Crippen LogP contribution >= 0.6 is 12.6 Å². The molecule has 4 rings (SSSR count). The summed E-state index contributed by atoms with van der Waals surface area (Å²) in [5.41, 5.74) is 3.94. The Kier molecular flexibility index (Phi) is 9.21. The van der Waals surface area contributed by atoms with Gasteiger partial charge in [0.1, 0.15) is 17.2 Å². The van der Waals surface area contributed by atoms with Crippen molar-refractivity contribution in [2.24, 2.45) is 0 Å². The van der Waals surface area contributed by atoms with Crippen LogP contribution in [0, 0.1) is 0 Å². The van der Waals surface area contributed by atoms with Gasteiger partial charge in [-0.15, -0.1) is 22.8 Å². The molecule has 0 bridgehead atoms. The number of aromatic nitrogens is 4. The van der Waals surface area contributed by atoms with Gasteiger partial charge in [0.25, 0.3) is 0 Å². The number of aromatic hydroxyl groups is 2. The molecule has 7 nitrogen and oxygen atoms in total. The molecule has 0 radical (unpaired) electrons. The normalized spacial score (nSPS) is 10.8. The zero-order valence-electron chi connectivity index (χ0n) is 17.3. The number of methoxy groups -OCH3 is 1. The Balaban J connectivity index is 0.00000181. The van der Waals surface area contributed by atoms with Crippen molar-refractivity contribution in [2.75, 3.05) is 7.11 Å². The Bertz CT molecular complexity index is 1250. The molecular weight excluding hydrogens is 446 g/mol. The van der Waals surface area contributed by atoms with Crippen LogP contribution in [0.15, 0.2) is 35.5 Å². The van der Waals surface area contributed by atoms with E-state index >= 15 is 0 Å². The summed E-state index contributed by atoms with van der Waals surface area (Å²) in [7, 11) is 1.64. The Hall–Kier alpha value is -1.13. The van der Waals surface area contributed by atoms with E-state index in [-0.39, 0.29) is 70.6 Å². The molecule has 4 aromatic rings. The van der Waals surface area contributed by atoms with E-state index in [9.17, 15) is 10.2 Å². The van der Waals surface area contributed by atoms with Crippen molar-refractivity contribution in [3.8, 4) is 34.3 Å². The van der Waals surface area contributed by atoms with Gasteiger partial charge in [-0.3, -0.25) is 4.57 Å². The summed E-state index contributed by atoms with van der Waals surface area (Å²) in [6.45, 7) is 6.17. The second-order valence-corrected chi connectivity index (χ2v) is 7.87. The van der Waals surface area contributed by atoms with Gasteiger partial charge in [-0.2, -0.15) is 0 Å². The third-order valence-corrected chi connectivity index (χ3v) is 5.59. The first-order valence-corrected chi connectivity index (χ1v) is 10.2. The second kappa shape index (κ2) is 10.9. The summed E-state index contributed by atoms with van der Waals surface area (Å²) in [6.07, 6.45) is 0.614. The number of nitrogens with zero attached hydrogens (tertiary/aromatic N) is 3. The number of phenols is 2. The molecule has 0 aliphatic rings. The third kappa shape index (κ3) is 4.73. The molecule has 3 N–H and O–H groups in total. The summed E-state index contributed by atoms with van der Waals surface area (Å²) in [6, 6.07) is 8.95. The van der Waals surface area contributed by atoms with Gasteiger partial charge in [-0.05, 0) is 42.2 Å². The minimum atomic E-state index is -0.0756. The average molecular weight is 473 g/mol. The summed E-state index contributed by atoms with van der Waals surface area (Å²) in [5.74, 6) is 1.45. The standard InChI is InChI=1S/C22H24N4O3S.2Na.2H/c1-5-12-8-14(18(28)10-17(12)27)21-24-25-22(30)26(21)16-6-7-19(29-4)20-13(16)9-15(23-20)11(2)3;;;;/h6-11,23,27-28H,5H2,1-4H3,(H,25,30);;;;. The molecule has 0 aliphatic carbocycles. The predicted octanol–water partition coefficient (Wildman–Crippen LogP) is 3.51. The van der Waals surface area contributed by atoms with E-state index < -0.39 is 0 Å². The number of fused-ring (bicyclic) bond motifs is 1. The predicted molar refractivity (Wildman–Crippen MR) is 134 cm³/mol. The van der Waals surface area contributed by atoms with Crippen molar-refractivity contribution in [1.82, 2.24) is 19.7 Å². The van der Waals surface area contributed by atoms with Crippen LogP contribution in [-0.4, -0.2) is 96.2 Å². The minimum absolute atomic E-state index is 0. The van der Waals surface area contributed by atoms with E-state index in [0.29, 0.717) is 34.4 Å². The van der Waals surface area contributed by atoms with E-state index in [1.165, 1.54) is 6.07 Å². The van der Waals surface area contributed by atoms with E-state index in [4.69, 9.17) is 4.74 Å². The van der Waals surface area contributed by atoms with E-state index in [2.05, 4.69) is 47.7 Å². The number of thiol groups is 1. The Morgan fingerprint density at radius 2 is 1.81 bits per heavy atom. The Morgan fingerprint density at radius 1 is 1.09 bits per heavy atom. The quantitative estimate of drug-likeness (QED) is 0.263. The topological polar surface area (TPSA) is 96.2 Å². The molecule has 2 heterocycles. The number of ether oxygens (including phenoxy) is 1. The molecule has 0 amide bonds. The number of H-pyrrole nitrogens is 1. The summed E-state index contributed by atoms with van der Waals surface area (Å²) >= 11 is 4.52. The zero-order valence-corrected chi connectivity index (χ0v) is 18.2. The zero-order chi connectivity index (χ0) is 21.6. The van der Waals surface area contributed by atoms with Gasteiger partial charge in [0.2, 0.25) is 0 Å². The van der Waals surface area contributed by atoms with E-state index in [1.54, 1.807) is 17.7 Å². The molecule has 32 heavy (non-hydrogen) atoms. The molecular formula is C22H26N4Na2O3S. The van der Waals surface area contributed by atoms with Gasteiger partial charge >= 0.3 is 59.1 Å². The van der Waals surface area contributed by atoms with Crippen LogP contribution in [0.25, 0.3) is 28.0 Å². The molecule has 0 aliphatic heterocycles. The van der Waals surface area contributed by atoms with Crippen molar-refractivity contribution < 1.29 is 14.9 Å². The van der Waals surface area contributed by atoms with Gasteiger partial charge in [0.05, 0.1) is 23.9 Å². The van der Waals surface area contributed by atoms with Crippen LogP contribution in [0.5, 0.6) is 17.2 Å². The molecule has 0 fully saturated rings. The molecule has 0 saturated carbocycles.